The van der Waals surface area contributed by atoms with E-state index in [1.165, 1.54) is 19.9 Å². The van der Waals surface area contributed by atoms with E-state index in [-0.39, 0.29) is 17.5 Å². The Labute approximate surface area is 116 Å². The predicted octanol–water partition coefficient (Wildman–Crippen LogP) is 1.61. The van der Waals surface area contributed by atoms with Crippen LogP contribution in [0.4, 0.5) is 0 Å². The molecule has 0 heterocycles. The van der Waals surface area contributed by atoms with Crippen molar-refractivity contribution in [3.8, 4) is 0 Å². The van der Waals surface area contributed by atoms with Crippen LogP contribution in [0.2, 0.25) is 0 Å². The smallest absolute Gasteiger partial charge is 0.337 e. The van der Waals surface area contributed by atoms with Crippen LogP contribution in [0.25, 0.3) is 0 Å². The average molecular weight is 276 g/mol. The third kappa shape index (κ3) is 1.44. The third-order valence-corrected chi connectivity index (χ3v) is 4.35. The number of aryl methyl sites for hydroxylation is 1. The van der Waals surface area contributed by atoms with Crippen molar-refractivity contribution in [1.29, 1.82) is 0 Å². The van der Waals surface area contributed by atoms with Crippen molar-refractivity contribution in [2.75, 3.05) is 0 Å². The van der Waals surface area contributed by atoms with Crippen LogP contribution in [-0.4, -0.2) is 33.3 Å². The number of carboxylic acids is 1. The van der Waals surface area contributed by atoms with E-state index in [1.54, 1.807) is 19.1 Å². The Hall–Kier alpha value is -2.01. The molecule has 0 fully saturated rings. The molecule has 1 aromatic rings. The highest BCUT2D eigenvalue weighted by Crippen LogP contribution is 2.46. The third-order valence-electron chi connectivity index (χ3n) is 4.35. The van der Waals surface area contributed by atoms with Crippen LogP contribution in [0.1, 0.15) is 46.5 Å². The number of aliphatic carboxylic acids is 1. The zero-order valence-electron chi connectivity index (χ0n) is 11.6. The first-order valence-corrected chi connectivity index (χ1v) is 6.36. The quantitative estimate of drug-likeness (QED) is 0.818. The molecule has 0 saturated heterocycles. The van der Waals surface area contributed by atoms with E-state index in [1.807, 2.05) is 0 Å². The molecule has 2 atom stereocenters. The van der Waals surface area contributed by atoms with E-state index in [0.29, 0.717) is 5.56 Å². The summed E-state index contributed by atoms with van der Waals surface area (Å²) in [6.45, 7) is 4.34. The van der Waals surface area contributed by atoms with Crippen LogP contribution in [0, 0.1) is 12.3 Å². The van der Waals surface area contributed by atoms with E-state index in [0.717, 1.165) is 0 Å². The fourth-order valence-electron chi connectivity index (χ4n) is 2.88. The van der Waals surface area contributed by atoms with Crippen molar-refractivity contribution >= 4 is 17.5 Å². The second-order valence-corrected chi connectivity index (χ2v) is 5.30. The molecule has 1 aliphatic carbocycles. The molecule has 0 spiro atoms. The van der Waals surface area contributed by atoms with Gasteiger partial charge in [-0.3, -0.25) is 9.59 Å². The molecule has 0 radical (unpaired) electrons. The van der Waals surface area contributed by atoms with Crippen molar-refractivity contribution in [3.63, 3.8) is 0 Å². The van der Waals surface area contributed by atoms with Crippen molar-refractivity contribution in [3.05, 3.63) is 34.9 Å². The fourth-order valence-corrected chi connectivity index (χ4v) is 2.88. The minimum absolute atomic E-state index is 0.186. The molecule has 5 nitrogen and oxygen atoms in total. The summed E-state index contributed by atoms with van der Waals surface area (Å²) < 4.78 is 0. The Morgan fingerprint density at radius 2 is 1.90 bits per heavy atom. The van der Waals surface area contributed by atoms with Crippen LogP contribution in [-0.2, 0) is 4.79 Å². The van der Waals surface area contributed by atoms with Gasteiger partial charge >= 0.3 is 5.97 Å². The minimum atomic E-state index is -2.41. The molecule has 0 bridgehead atoms. The first kappa shape index (κ1) is 14.4. The van der Waals surface area contributed by atoms with Gasteiger partial charge in [-0.2, -0.15) is 0 Å². The van der Waals surface area contributed by atoms with Gasteiger partial charge in [-0.05, 0) is 25.8 Å². The maximum Gasteiger partial charge on any atom is 0.337 e. The van der Waals surface area contributed by atoms with Gasteiger partial charge in [0.15, 0.2) is 17.2 Å². The molecule has 5 heteroatoms. The molecule has 0 amide bonds. The van der Waals surface area contributed by atoms with E-state index < -0.39 is 28.6 Å². The molecule has 0 saturated carbocycles. The topological polar surface area (TPSA) is 91.7 Å². The largest absolute Gasteiger partial charge is 0.479 e. The van der Waals surface area contributed by atoms with Gasteiger partial charge in [0.25, 0.3) is 0 Å². The number of rotatable bonds is 3. The molecular formula is C15H16O5. The number of fused-ring (bicyclic) bond motifs is 1. The minimum Gasteiger partial charge on any atom is -0.479 e. The molecule has 0 aromatic heterocycles. The van der Waals surface area contributed by atoms with Gasteiger partial charge < -0.3 is 10.2 Å². The maximum atomic E-state index is 12.6. The van der Waals surface area contributed by atoms with Gasteiger partial charge in [0.1, 0.15) is 5.41 Å². The van der Waals surface area contributed by atoms with Crippen molar-refractivity contribution < 1.29 is 24.6 Å². The van der Waals surface area contributed by atoms with Gasteiger partial charge in [-0.25, -0.2) is 4.79 Å². The van der Waals surface area contributed by atoms with Gasteiger partial charge in [0, 0.05) is 11.1 Å². The zero-order valence-corrected chi connectivity index (χ0v) is 11.6. The van der Waals surface area contributed by atoms with Crippen molar-refractivity contribution in [2.24, 2.45) is 5.41 Å². The number of carboxylic acid groups (broad SMARTS) is 1. The summed E-state index contributed by atoms with van der Waals surface area (Å²) in [5.74, 6) is -2.81. The number of carbonyl (C=O) groups is 3. The van der Waals surface area contributed by atoms with Gasteiger partial charge in [-0.15, -0.1) is 0 Å². The lowest BCUT2D eigenvalue weighted by molar-refractivity contribution is -0.167. The molecule has 106 valence electrons. The van der Waals surface area contributed by atoms with E-state index in [2.05, 4.69) is 0 Å². The Balaban J connectivity index is 2.74. The molecule has 2 N–H and O–H groups in total. The SMILES string of the molecule is CCC(O)(C(=O)O)C1(C)C(=O)c2cccc(C)c2C1=O. The number of carbonyl (C=O) groups excluding carboxylic acids is 2. The van der Waals surface area contributed by atoms with Crippen LogP contribution < -0.4 is 0 Å². The van der Waals surface area contributed by atoms with Crippen molar-refractivity contribution in [2.45, 2.75) is 32.8 Å². The zero-order chi connectivity index (χ0) is 15.3. The van der Waals surface area contributed by atoms with Gasteiger partial charge in [0.05, 0.1) is 0 Å². The maximum absolute atomic E-state index is 12.6. The highest BCUT2D eigenvalue weighted by Gasteiger charge is 2.64. The lowest BCUT2D eigenvalue weighted by Crippen LogP contribution is -2.58. The summed E-state index contributed by atoms with van der Waals surface area (Å²) >= 11 is 0. The van der Waals surface area contributed by atoms with Gasteiger partial charge in [0.2, 0.25) is 0 Å². The molecule has 0 aliphatic heterocycles. The summed E-state index contributed by atoms with van der Waals surface area (Å²) in [7, 11) is 0. The van der Waals surface area contributed by atoms with E-state index in [9.17, 15) is 24.6 Å². The first-order chi connectivity index (χ1) is 9.21. The fraction of sp³-hybridized carbons (Fsp3) is 0.400. The Morgan fingerprint density at radius 1 is 1.30 bits per heavy atom. The Bertz CT molecular complexity index is 633. The summed E-state index contributed by atoms with van der Waals surface area (Å²) in [6.07, 6.45) is -0.233. The number of aliphatic hydroxyl groups is 1. The second kappa shape index (κ2) is 4.24. The normalized spacial score (nSPS) is 24.4. The van der Waals surface area contributed by atoms with Crippen LogP contribution in [0.5, 0.6) is 0 Å². The van der Waals surface area contributed by atoms with Gasteiger partial charge in [-0.1, -0.05) is 25.1 Å². The van der Waals surface area contributed by atoms with Crippen LogP contribution >= 0.6 is 0 Å². The highest BCUT2D eigenvalue weighted by atomic mass is 16.4. The lowest BCUT2D eigenvalue weighted by atomic mass is 9.68. The summed E-state index contributed by atoms with van der Waals surface area (Å²) in [5, 5.41) is 19.7. The number of hydrogen-bond acceptors (Lipinski definition) is 4. The number of hydrogen-bond donors (Lipinski definition) is 2. The monoisotopic (exact) mass is 276 g/mol. The first-order valence-electron chi connectivity index (χ1n) is 6.36. The molecule has 1 aromatic carbocycles. The summed E-state index contributed by atoms with van der Waals surface area (Å²) in [5.41, 5.74) is -3.39. The molecular weight excluding hydrogens is 260 g/mol. The molecule has 2 unspecified atom stereocenters. The molecule has 20 heavy (non-hydrogen) atoms. The Kier molecular flexibility index (Phi) is 3.06. The summed E-state index contributed by atoms with van der Waals surface area (Å²) in [4.78, 5) is 36.6. The molecule has 2 rings (SSSR count). The molecule has 1 aliphatic rings. The van der Waals surface area contributed by atoms with Crippen LogP contribution in [0.15, 0.2) is 18.2 Å². The van der Waals surface area contributed by atoms with Crippen molar-refractivity contribution in [1.82, 2.24) is 0 Å². The summed E-state index contributed by atoms with van der Waals surface area (Å²) in [6, 6.07) is 4.81. The standard InChI is InChI=1S/C15H16O5/c1-4-15(20,13(18)19)14(3)11(16)9-7-5-6-8(2)10(9)12(14)17/h5-7,20H,4H2,1-3H3,(H,18,19). The highest BCUT2D eigenvalue weighted by molar-refractivity contribution is 6.32. The number of ketones is 2. The number of Topliss-reactive ketones (excluding diaryl/α,β-unsaturated/α-hetero) is 2. The second-order valence-electron chi connectivity index (χ2n) is 5.30. The van der Waals surface area contributed by atoms with Crippen LogP contribution in [0.3, 0.4) is 0 Å². The average Bonchev–Trinajstić information content (AvgIpc) is 2.62. The van der Waals surface area contributed by atoms with E-state index in [4.69, 9.17) is 0 Å². The number of benzene rings is 1. The van der Waals surface area contributed by atoms with E-state index >= 15 is 0 Å². The lowest BCUT2D eigenvalue weighted by Gasteiger charge is -2.35. The predicted molar refractivity (Wildman–Crippen MR) is 70.8 cm³/mol. The Morgan fingerprint density at radius 3 is 2.35 bits per heavy atom.